The fourth-order valence-corrected chi connectivity index (χ4v) is 2.03. The summed E-state index contributed by atoms with van der Waals surface area (Å²) in [5.74, 6) is -0.161. The van der Waals surface area contributed by atoms with E-state index in [-0.39, 0.29) is 18.3 Å². The first-order chi connectivity index (χ1) is 9.53. The molecule has 3 N–H and O–H groups in total. The molecule has 1 unspecified atom stereocenters. The highest BCUT2D eigenvalue weighted by atomic mass is 35.5. The number of benzene rings is 1. The van der Waals surface area contributed by atoms with E-state index in [4.69, 9.17) is 5.73 Å². The zero-order valence-electron chi connectivity index (χ0n) is 12.2. The van der Waals surface area contributed by atoms with E-state index in [1.54, 1.807) is 17.8 Å². The van der Waals surface area contributed by atoms with Gasteiger partial charge in [-0.25, -0.2) is 4.68 Å². The van der Waals surface area contributed by atoms with Crippen LogP contribution in [0.3, 0.4) is 0 Å². The largest absolute Gasteiger partial charge is 0.325 e. The molecule has 1 aromatic carbocycles. The van der Waals surface area contributed by atoms with Gasteiger partial charge < -0.3 is 11.1 Å². The molecule has 5 nitrogen and oxygen atoms in total. The predicted octanol–water partition coefficient (Wildman–Crippen LogP) is 2.75. The zero-order chi connectivity index (χ0) is 14.6. The molecule has 0 saturated heterocycles. The normalized spacial score (nSPS) is 13.1. The number of hydrogen-bond acceptors (Lipinski definition) is 3. The average molecular weight is 309 g/mol. The van der Waals surface area contributed by atoms with Crippen molar-refractivity contribution in [2.75, 3.05) is 5.32 Å². The molecule has 0 fully saturated rings. The first kappa shape index (κ1) is 17.2. The maximum Gasteiger partial charge on any atom is 0.244 e. The Morgan fingerprint density at radius 3 is 2.57 bits per heavy atom. The number of nitrogens with one attached hydrogen (secondary N) is 1. The minimum atomic E-state index is -0.838. The van der Waals surface area contributed by atoms with Crippen LogP contribution in [0.4, 0.5) is 5.69 Å². The number of carbonyl (C=O) groups is 1. The molecule has 0 saturated carbocycles. The van der Waals surface area contributed by atoms with Crippen LogP contribution in [-0.4, -0.2) is 21.2 Å². The minimum absolute atomic E-state index is 0. The molecule has 21 heavy (non-hydrogen) atoms. The van der Waals surface area contributed by atoms with Crippen LogP contribution in [0.2, 0.25) is 0 Å². The number of amides is 1. The van der Waals surface area contributed by atoms with Crippen molar-refractivity contribution in [1.29, 1.82) is 0 Å². The van der Waals surface area contributed by atoms with Crippen LogP contribution < -0.4 is 11.1 Å². The summed E-state index contributed by atoms with van der Waals surface area (Å²) >= 11 is 0. The molecular formula is C15H21ClN4O. The third kappa shape index (κ3) is 4.31. The summed E-state index contributed by atoms with van der Waals surface area (Å²) in [6.45, 7) is 3.77. The highest BCUT2D eigenvalue weighted by Gasteiger charge is 2.26. The fraction of sp³-hybridized carbons (Fsp3) is 0.333. The number of halogens is 1. The molecule has 0 radical (unpaired) electrons. The summed E-state index contributed by atoms with van der Waals surface area (Å²) in [6.07, 6.45) is 5.12. The van der Waals surface area contributed by atoms with Crippen molar-refractivity contribution in [1.82, 2.24) is 9.78 Å². The van der Waals surface area contributed by atoms with E-state index >= 15 is 0 Å². The lowest BCUT2D eigenvalue weighted by atomic mass is 9.96. The summed E-state index contributed by atoms with van der Waals surface area (Å²) in [5.41, 5.74) is 6.84. The van der Waals surface area contributed by atoms with E-state index in [1.165, 1.54) is 0 Å². The van der Waals surface area contributed by atoms with Crippen LogP contribution in [0.25, 0.3) is 5.69 Å². The minimum Gasteiger partial charge on any atom is -0.325 e. The first-order valence-corrected chi connectivity index (χ1v) is 6.73. The number of rotatable bonds is 5. The second-order valence-electron chi connectivity index (χ2n) is 5.12. The SMILES string of the molecule is CCCC(C)(N)C(=O)Nc1ccc(-n2cccn2)cc1.Cl. The summed E-state index contributed by atoms with van der Waals surface area (Å²) in [4.78, 5) is 12.1. The number of carbonyl (C=O) groups excluding carboxylic acids is 1. The number of aromatic nitrogens is 2. The van der Waals surface area contributed by atoms with Gasteiger partial charge in [0.05, 0.1) is 11.2 Å². The smallest absolute Gasteiger partial charge is 0.244 e. The van der Waals surface area contributed by atoms with Gasteiger partial charge in [-0.1, -0.05) is 13.3 Å². The monoisotopic (exact) mass is 308 g/mol. The number of anilines is 1. The van der Waals surface area contributed by atoms with E-state index in [2.05, 4.69) is 10.4 Å². The third-order valence-corrected chi connectivity index (χ3v) is 3.18. The highest BCUT2D eigenvalue weighted by Crippen LogP contribution is 2.16. The molecule has 0 aliphatic carbocycles. The Kier molecular flexibility index (Phi) is 5.93. The maximum atomic E-state index is 12.1. The Balaban J connectivity index is 0.00000220. The molecule has 114 valence electrons. The molecule has 0 bridgehead atoms. The standard InChI is InChI=1S/C15H20N4O.ClH/c1-3-9-15(2,16)14(20)18-12-5-7-13(8-6-12)19-11-4-10-17-19;/h4-8,10-11H,3,9,16H2,1-2H3,(H,18,20);1H. The fourth-order valence-electron chi connectivity index (χ4n) is 2.03. The molecule has 6 heteroatoms. The van der Waals surface area contributed by atoms with Crippen LogP contribution >= 0.6 is 12.4 Å². The molecule has 2 rings (SSSR count). The summed E-state index contributed by atoms with van der Waals surface area (Å²) < 4.78 is 1.76. The van der Waals surface area contributed by atoms with Gasteiger partial charge in [0.1, 0.15) is 0 Å². The van der Waals surface area contributed by atoms with Gasteiger partial charge in [-0.05, 0) is 43.7 Å². The Morgan fingerprint density at radius 2 is 2.05 bits per heavy atom. The van der Waals surface area contributed by atoms with Crippen LogP contribution in [0, 0.1) is 0 Å². The molecule has 1 aromatic heterocycles. The van der Waals surface area contributed by atoms with E-state index in [0.29, 0.717) is 6.42 Å². The zero-order valence-corrected chi connectivity index (χ0v) is 13.1. The number of hydrogen-bond donors (Lipinski definition) is 2. The van der Waals surface area contributed by atoms with Crippen molar-refractivity contribution in [3.8, 4) is 5.69 Å². The lowest BCUT2D eigenvalue weighted by Gasteiger charge is -2.22. The van der Waals surface area contributed by atoms with Gasteiger partial charge in [-0.3, -0.25) is 4.79 Å². The maximum absolute atomic E-state index is 12.1. The molecule has 0 spiro atoms. The first-order valence-electron chi connectivity index (χ1n) is 6.73. The Bertz CT molecular complexity index is 564. The van der Waals surface area contributed by atoms with Crippen molar-refractivity contribution < 1.29 is 4.79 Å². The van der Waals surface area contributed by atoms with Crippen molar-refractivity contribution in [2.24, 2.45) is 5.73 Å². The van der Waals surface area contributed by atoms with E-state index in [9.17, 15) is 4.79 Å². The Morgan fingerprint density at radius 1 is 1.38 bits per heavy atom. The van der Waals surface area contributed by atoms with Crippen LogP contribution in [0.5, 0.6) is 0 Å². The van der Waals surface area contributed by atoms with Crippen molar-refractivity contribution in [2.45, 2.75) is 32.2 Å². The van der Waals surface area contributed by atoms with Crippen LogP contribution in [-0.2, 0) is 4.79 Å². The Labute approximate surface area is 130 Å². The average Bonchev–Trinajstić information content (AvgIpc) is 2.93. The van der Waals surface area contributed by atoms with Crippen LogP contribution in [0.15, 0.2) is 42.7 Å². The topological polar surface area (TPSA) is 72.9 Å². The second-order valence-corrected chi connectivity index (χ2v) is 5.12. The van der Waals surface area contributed by atoms with E-state index < -0.39 is 5.54 Å². The van der Waals surface area contributed by atoms with Crippen LogP contribution in [0.1, 0.15) is 26.7 Å². The number of nitrogens with zero attached hydrogens (tertiary/aromatic N) is 2. The van der Waals surface area contributed by atoms with Crippen molar-refractivity contribution in [3.63, 3.8) is 0 Å². The van der Waals surface area contributed by atoms with E-state index in [1.807, 2.05) is 43.5 Å². The van der Waals surface area contributed by atoms with Gasteiger partial charge in [-0.2, -0.15) is 5.10 Å². The van der Waals surface area contributed by atoms with Gasteiger partial charge in [0.2, 0.25) is 5.91 Å². The van der Waals surface area contributed by atoms with Gasteiger partial charge in [0, 0.05) is 18.1 Å². The molecule has 0 aliphatic heterocycles. The molecule has 1 atom stereocenters. The van der Waals surface area contributed by atoms with Crippen molar-refractivity contribution in [3.05, 3.63) is 42.7 Å². The molecular weight excluding hydrogens is 288 g/mol. The van der Waals surface area contributed by atoms with Gasteiger partial charge in [0.25, 0.3) is 0 Å². The lowest BCUT2D eigenvalue weighted by molar-refractivity contribution is -0.120. The highest BCUT2D eigenvalue weighted by molar-refractivity contribution is 5.97. The number of nitrogens with two attached hydrogens (primary N) is 1. The summed E-state index contributed by atoms with van der Waals surface area (Å²) in [7, 11) is 0. The predicted molar refractivity (Wildman–Crippen MR) is 86.9 cm³/mol. The van der Waals surface area contributed by atoms with Gasteiger partial charge in [-0.15, -0.1) is 12.4 Å². The molecule has 1 heterocycles. The molecule has 2 aromatic rings. The second kappa shape index (κ2) is 7.24. The third-order valence-electron chi connectivity index (χ3n) is 3.18. The Hall–Kier alpha value is -1.85. The quantitative estimate of drug-likeness (QED) is 0.892. The summed E-state index contributed by atoms with van der Waals surface area (Å²) in [5, 5.41) is 7.00. The van der Waals surface area contributed by atoms with Gasteiger partial charge in [0.15, 0.2) is 0 Å². The molecule has 0 aliphatic rings. The molecule has 1 amide bonds. The van der Waals surface area contributed by atoms with Crippen molar-refractivity contribution >= 4 is 24.0 Å². The summed E-state index contributed by atoms with van der Waals surface area (Å²) in [6, 6.07) is 9.35. The van der Waals surface area contributed by atoms with E-state index in [0.717, 1.165) is 17.8 Å². The van der Waals surface area contributed by atoms with Gasteiger partial charge >= 0.3 is 0 Å². The lowest BCUT2D eigenvalue weighted by Crippen LogP contribution is -2.48.